The molecule has 0 bridgehead atoms. The minimum absolute atomic E-state index is 0.0331. The standard InChI is InChI=1S/C61H118NO8P/c1-6-8-10-12-14-16-18-20-22-23-24-25-26-27-28-29-30-31-32-33-34-35-36-37-38-39-40-42-44-46-48-50-52-54-61(64)70-59(58-69-71(65,66)68-56-55-62(3,4)5)57-67-60(63)53-51-49-47-45-43-41-21-19-17-15-13-11-9-7-2/h19,21,23-24,59H,6-18,20,22,25-58H2,1-5H3/p+1/b21-19-,24-23-. The highest BCUT2D eigenvalue weighted by Gasteiger charge is 2.27. The number of allylic oxidation sites excluding steroid dienone is 4. The molecule has 0 aromatic carbocycles. The summed E-state index contributed by atoms with van der Waals surface area (Å²) in [4.78, 5) is 35.6. The molecule has 0 aliphatic carbocycles. The number of unbranched alkanes of at least 4 members (excludes halogenated alkanes) is 39. The summed E-state index contributed by atoms with van der Waals surface area (Å²) in [6, 6.07) is 0. The molecule has 0 aliphatic rings. The summed E-state index contributed by atoms with van der Waals surface area (Å²) < 4.78 is 34.5. The van der Waals surface area contributed by atoms with Crippen molar-refractivity contribution in [1.82, 2.24) is 0 Å². The molecule has 0 radical (unpaired) electrons. The number of carbonyl (C=O) groups is 2. The lowest BCUT2D eigenvalue weighted by Crippen LogP contribution is -2.37. The molecule has 10 heteroatoms. The fourth-order valence-corrected chi connectivity index (χ4v) is 9.69. The lowest BCUT2D eigenvalue weighted by molar-refractivity contribution is -0.870. The van der Waals surface area contributed by atoms with Crippen LogP contribution in [0.1, 0.15) is 303 Å². The summed E-state index contributed by atoms with van der Waals surface area (Å²) in [7, 11) is 1.49. The summed E-state index contributed by atoms with van der Waals surface area (Å²) >= 11 is 0. The van der Waals surface area contributed by atoms with Crippen molar-refractivity contribution in [2.24, 2.45) is 0 Å². The van der Waals surface area contributed by atoms with Crippen LogP contribution >= 0.6 is 7.82 Å². The maximum atomic E-state index is 12.8. The van der Waals surface area contributed by atoms with Gasteiger partial charge in [0.1, 0.15) is 19.8 Å². The molecule has 0 spiro atoms. The first kappa shape index (κ1) is 69.5. The van der Waals surface area contributed by atoms with Gasteiger partial charge in [-0.25, -0.2) is 4.57 Å². The van der Waals surface area contributed by atoms with Gasteiger partial charge in [-0.3, -0.25) is 18.6 Å². The Hall–Kier alpha value is -1.51. The van der Waals surface area contributed by atoms with Crippen molar-refractivity contribution in [3.05, 3.63) is 24.3 Å². The van der Waals surface area contributed by atoms with Gasteiger partial charge in [0.05, 0.1) is 27.7 Å². The Balaban J connectivity index is 3.97. The number of ether oxygens (including phenoxy) is 2. The fraction of sp³-hybridized carbons (Fsp3) is 0.902. The van der Waals surface area contributed by atoms with Gasteiger partial charge in [-0.2, -0.15) is 0 Å². The van der Waals surface area contributed by atoms with E-state index in [1.165, 1.54) is 218 Å². The highest BCUT2D eigenvalue weighted by Crippen LogP contribution is 2.43. The molecule has 9 nitrogen and oxygen atoms in total. The van der Waals surface area contributed by atoms with E-state index < -0.39 is 26.5 Å². The van der Waals surface area contributed by atoms with Gasteiger partial charge >= 0.3 is 19.8 Å². The van der Waals surface area contributed by atoms with E-state index in [4.69, 9.17) is 18.5 Å². The maximum absolute atomic E-state index is 12.8. The average molecular weight is 1030 g/mol. The Morgan fingerprint density at radius 1 is 0.423 bits per heavy atom. The smallest absolute Gasteiger partial charge is 0.462 e. The molecule has 0 saturated heterocycles. The van der Waals surface area contributed by atoms with Gasteiger partial charge in [0, 0.05) is 12.8 Å². The molecule has 0 heterocycles. The predicted octanol–water partition coefficient (Wildman–Crippen LogP) is 19.0. The van der Waals surface area contributed by atoms with Crippen LogP contribution in [0.25, 0.3) is 0 Å². The average Bonchev–Trinajstić information content (AvgIpc) is 3.33. The van der Waals surface area contributed by atoms with Crippen LogP contribution in [0.15, 0.2) is 24.3 Å². The summed E-state index contributed by atoms with van der Waals surface area (Å²) in [5.74, 6) is -0.793. The maximum Gasteiger partial charge on any atom is 0.472 e. The van der Waals surface area contributed by atoms with E-state index in [0.29, 0.717) is 17.4 Å². The third-order valence-corrected chi connectivity index (χ3v) is 14.7. The van der Waals surface area contributed by atoms with Crippen LogP contribution in [0.3, 0.4) is 0 Å². The molecule has 0 fully saturated rings. The number of hydrogen-bond acceptors (Lipinski definition) is 7. The molecule has 0 rings (SSSR count). The van der Waals surface area contributed by atoms with Gasteiger partial charge in [0.2, 0.25) is 0 Å². The Morgan fingerprint density at radius 2 is 0.718 bits per heavy atom. The van der Waals surface area contributed by atoms with E-state index in [1.54, 1.807) is 0 Å². The van der Waals surface area contributed by atoms with Crippen LogP contribution in [0.5, 0.6) is 0 Å². The number of carbonyl (C=O) groups excluding carboxylic acids is 2. The van der Waals surface area contributed by atoms with Gasteiger partial charge in [-0.15, -0.1) is 0 Å². The van der Waals surface area contributed by atoms with Crippen LogP contribution < -0.4 is 0 Å². The van der Waals surface area contributed by atoms with Crippen molar-refractivity contribution in [1.29, 1.82) is 0 Å². The number of esters is 2. The highest BCUT2D eigenvalue weighted by molar-refractivity contribution is 7.47. The molecule has 2 atom stereocenters. The van der Waals surface area contributed by atoms with Gasteiger partial charge in [-0.1, -0.05) is 250 Å². The number of nitrogens with zero attached hydrogens (tertiary/aromatic N) is 1. The summed E-state index contributed by atoms with van der Waals surface area (Å²) in [6.07, 6.45) is 64.2. The summed E-state index contributed by atoms with van der Waals surface area (Å²) in [5, 5.41) is 0. The molecule has 0 saturated carbocycles. The fourth-order valence-electron chi connectivity index (χ4n) is 8.95. The molecule has 1 N–H and O–H groups in total. The number of phosphoric ester groups is 1. The van der Waals surface area contributed by atoms with Crippen LogP contribution in [-0.2, 0) is 32.7 Å². The van der Waals surface area contributed by atoms with Gasteiger partial charge < -0.3 is 18.9 Å². The molecule has 420 valence electrons. The SMILES string of the molecule is CCCCCCC/C=C\CCCCCCCC(=O)OCC(COP(=O)(O)OCC[N+](C)(C)C)OC(=O)CCCCCCCCCCCCCCCCCCCCCCC/C=C\CCCCCCCCCC. The number of hydrogen-bond donors (Lipinski definition) is 1. The number of quaternary nitrogens is 1. The first-order chi connectivity index (χ1) is 34.5. The first-order valence-electron chi connectivity index (χ1n) is 30.6. The molecular formula is C61H119NO8P+. The van der Waals surface area contributed by atoms with Crippen molar-refractivity contribution in [2.75, 3.05) is 47.5 Å². The minimum Gasteiger partial charge on any atom is -0.462 e. The van der Waals surface area contributed by atoms with Crippen LogP contribution in [0, 0.1) is 0 Å². The third-order valence-electron chi connectivity index (χ3n) is 13.7. The van der Waals surface area contributed by atoms with Gasteiger partial charge in [-0.05, 0) is 64.2 Å². The second-order valence-electron chi connectivity index (χ2n) is 22.1. The summed E-state index contributed by atoms with van der Waals surface area (Å²) in [6.45, 7) is 4.46. The Morgan fingerprint density at radius 3 is 1.04 bits per heavy atom. The quantitative estimate of drug-likeness (QED) is 0.0211. The molecule has 71 heavy (non-hydrogen) atoms. The van der Waals surface area contributed by atoms with Crippen molar-refractivity contribution in [3.8, 4) is 0 Å². The van der Waals surface area contributed by atoms with Crippen LogP contribution in [-0.4, -0.2) is 74.9 Å². The van der Waals surface area contributed by atoms with Crippen molar-refractivity contribution < 1.29 is 42.1 Å². The zero-order chi connectivity index (χ0) is 52.0. The molecule has 0 aromatic rings. The monoisotopic (exact) mass is 1020 g/mol. The number of likely N-dealkylation sites (N-methyl/N-ethyl adjacent to an activating group) is 1. The molecular weight excluding hydrogens is 906 g/mol. The van der Waals surface area contributed by atoms with E-state index in [-0.39, 0.29) is 32.0 Å². The Kier molecular flexibility index (Phi) is 52.2. The zero-order valence-corrected chi connectivity index (χ0v) is 48.6. The van der Waals surface area contributed by atoms with Crippen LogP contribution in [0.4, 0.5) is 0 Å². The summed E-state index contributed by atoms with van der Waals surface area (Å²) in [5.41, 5.74) is 0. The van der Waals surface area contributed by atoms with Gasteiger partial charge in [0.15, 0.2) is 6.10 Å². The first-order valence-corrected chi connectivity index (χ1v) is 32.1. The van der Waals surface area contributed by atoms with E-state index in [9.17, 15) is 19.0 Å². The van der Waals surface area contributed by atoms with E-state index >= 15 is 0 Å². The van der Waals surface area contributed by atoms with E-state index in [0.717, 1.165) is 51.4 Å². The lowest BCUT2D eigenvalue weighted by atomic mass is 10.0. The largest absolute Gasteiger partial charge is 0.472 e. The van der Waals surface area contributed by atoms with E-state index in [2.05, 4.69) is 38.2 Å². The van der Waals surface area contributed by atoms with Crippen LogP contribution in [0.2, 0.25) is 0 Å². The predicted molar refractivity (Wildman–Crippen MR) is 303 cm³/mol. The van der Waals surface area contributed by atoms with Crippen molar-refractivity contribution in [3.63, 3.8) is 0 Å². The van der Waals surface area contributed by atoms with Crippen molar-refractivity contribution in [2.45, 2.75) is 309 Å². The van der Waals surface area contributed by atoms with Gasteiger partial charge in [0.25, 0.3) is 0 Å². The molecule has 0 aliphatic heterocycles. The number of rotatable bonds is 57. The molecule has 2 unspecified atom stereocenters. The minimum atomic E-state index is -4.38. The molecule has 0 aromatic heterocycles. The Labute approximate surface area is 440 Å². The number of phosphoric acid groups is 1. The zero-order valence-electron chi connectivity index (χ0n) is 47.7. The Bertz CT molecular complexity index is 1250. The normalized spacial score (nSPS) is 13.4. The topological polar surface area (TPSA) is 108 Å². The lowest BCUT2D eigenvalue weighted by Gasteiger charge is -2.24. The highest BCUT2D eigenvalue weighted by atomic mass is 31.2. The second kappa shape index (κ2) is 53.3. The van der Waals surface area contributed by atoms with E-state index in [1.807, 2.05) is 21.1 Å². The molecule has 0 amide bonds. The van der Waals surface area contributed by atoms with Crippen molar-refractivity contribution >= 4 is 19.8 Å². The second-order valence-corrected chi connectivity index (χ2v) is 23.5. The third kappa shape index (κ3) is 57.6.